The summed E-state index contributed by atoms with van der Waals surface area (Å²) in [7, 11) is 0. The van der Waals surface area contributed by atoms with Crippen molar-refractivity contribution < 1.29 is 13.2 Å². The lowest BCUT2D eigenvalue weighted by atomic mass is 10.1. The first-order chi connectivity index (χ1) is 12.9. The minimum Gasteiger partial charge on any atom is -0.166 e. The Hall–Kier alpha value is -3.07. The summed E-state index contributed by atoms with van der Waals surface area (Å²) in [4.78, 5) is 0. The van der Waals surface area contributed by atoms with E-state index < -0.39 is 11.7 Å². The van der Waals surface area contributed by atoms with Gasteiger partial charge in [0.25, 0.3) is 0 Å². The number of benzene rings is 3. The van der Waals surface area contributed by atoms with Crippen molar-refractivity contribution in [1.29, 1.82) is 0 Å². The summed E-state index contributed by atoms with van der Waals surface area (Å²) in [6.45, 7) is 2.06. The first-order valence-electron chi connectivity index (χ1n) is 8.60. The average molecular weight is 364 g/mol. The van der Waals surface area contributed by atoms with Crippen molar-refractivity contribution in [1.82, 2.24) is 0 Å². The van der Waals surface area contributed by atoms with E-state index in [1.54, 1.807) is 12.1 Å². The van der Waals surface area contributed by atoms with E-state index in [0.29, 0.717) is 5.56 Å². The Balaban J connectivity index is 1.70. The molecule has 0 amide bonds. The van der Waals surface area contributed by atoms with Gasteiger partial charge in [-0.1, -0.05) is 90.5 Å². The molecule has 0 atom stereocenters. The van der Waals surface area contributed by atoms with E-state index in [2.05, 4.69) is 31.2 Å². The van der Waals surface area contributed by atoms with Gasteiger partial charge in [0.1, 0.15) is 0 Å². The molecule has 3 aromatic carbocycles. The molecule has 0 unspecified atom stereocenters. The third-order valence-electron chi connectivity index (χ3n) is 4.13. The van der Waals surface area contributed by atoms with Crippen molar-refractivity contribution in [3.63, 3.8) is 0 Å². The summed E-state index contributed by atoms with van der Waals surface area (Å²) < 4.78 is 38.3. The first-order valence-corrected chi connectivity index (χ1v) is 8.60. The van der Waals surface area contributed by atoms with Gasteiger partial charge in [-0.3, -0.25) is 0 Å². The molecule has 0 bridgehead atoms. The highest BCUT2D eigenvalue weighted by molar-refractivity contribution is 5.73. The van der Waals surface area contributed by atoms with Crippen LogP contribution in [0.3, 0.4) is 0 Å². The van der Waals surface area contributed by atoms with E-state index in [-0.39, 0.29) is 0 Å². The molecule has 0 aliphatic heterocycles. The first kappa shape index (κ1) is 18.7. The number of hydrogen-bond donors (Lipinski definition) is 0. The zero-order valence-corrected chi connectivity index (χ0v) is 14.9. The third kappa shape index (κ3) is 5.45. The normalized spacial score (nSPS) is 12.1. The van der Waals surface area contributed by atoms with Gasteiger partial charge in [0.15, 0.2) is 0 Å². The fourth-order valence-corrected chi connectivity index (χ4v) is 2.70. The number of halogens is 3. The molecule has 0 fully saturated rings. The summed E-state index contributed by atoms with van der Waals surface area (Å²) in [5, 5.41) is 0. The molecule has 0 saturated heterocycles. The topological polar surface area (TPSA) is 0 Å². The Bertz CT molecular complexity index is 961. The maximum atomic E-state index is 12.8. The zero-order valence-electron chi connectivity index (χ0n) is 14.9. The molecule has 0 saturated carbocycles. The van der Waals surface area contributed by atoms with Crippen LogP contribution < -0.4 is 0 Å². The Morgan fingerprint density at radius 1 is 0.593 bits per heavy atom. The lowest BCUT2D eigenvalue weighted by molar-refractivity contribution is -0.137. The van der Waals surface area contributed by atoms with Gasteiger partial charge in [0.05, 0.1) is 5.56 Å². The van der Waals surface area contributed by atoms with Gasteiger partial charge in [0, 0.05) is 0 Å². The van der Waals surface area contributed by atoms with Gasteiger partial charge in [-0.15, -0.1) is 0 Å². The second-order valence-corrected chi connectivity index (χ2v) is 6.37. The minimum absolute atomic E-state index is 0.522. The largest absolute Gasteiger partial charge is 0.416 e. The van der Waals surface area contributed by atoms with Crippen LogP contribution in [0.5, 0.6) is 0 Å². The van der Waals surface area contributed by atoms with Crippen molar-refractivity contribution in [3.05, 3.63) is 106 Å². The van der Waals surface area contributed by atoms with Crippen LogP contribution in [0.1, 0.15) is 33.4 Å². The van der Waals surface area contributed by atoms with Crippen LogP contribution in [0.4, 0.5) is 13.2 Å². The van der Waals surface area contributed by atoms with Gasteiger partial charge in [0.2, 0.25) is 0 Å². The number of aryl methyl sites for hydroxylation is 1. The number of hydrogen-bond acceptors (Lipinski definition) is 0. The summed E-state index contributed by atoms with van der Waals surface area (Å²) in [6.07, 6.45) is 3.26. The van der Waals surface area contributed by atoms with Gasteiger partial charge in [-0.05, 0) is 41.3 Å². The van der Waals surface area contributed by atoms with Crippen molar-refractivity contribution in [2.24, 2.45) is 0 Å². The predicted octanol–water partition coefficient (Wildman–Crippen LogP) is 7.35. The number of alkyl halides is 3. The molecule has 0 nitrogen and oxygen atoms in total. The van der Waals surface area contributed by atoms with Crippen LogP contribution in [0.2, 0.25) is 0 Å². The van der Waals surface area contributed by atoms with E-state index >= 15 is 0 Å². The molecule has 0 radical (unpaired) electrons. The minimum atomic E-state index is -4.32. The third-order valence-corrected chi connectivity index (χ3v) is 4.13. The van der Waals surface area contributed by atoms with Gasteiger partial charge in [-0.2, -0.15) is 13.2 Å². The second-order valence-electron chi connectivity index (χ2n) is 6.37. The zero-order chi connectivity index (χ0) is 19.3. The highest BCUT2D eigenvalue weighted by atomic mass is 19.4. The molecule has 0 N–H and O–H groups in total. The highest BCUT2D eigenvalue weighted by Crippen LogP contribution is 2.29. The number of rotatable bonds is 4. The van der Waals surface area contributed by atoms with E-state index in [9.17, 15) is 13.2 Å². The summed E-state index contributed by atoms with van der Waals surface area (Å²) >= 11 is 0. The lowest BCUT2D eigenvalue weighted by Gasteiger charge is -2.06. The Kier molecular flexibility index (Phi) is 5.60. The molecule has 3 aromatic rings. The fraction of sp³-hybridized carbons (Fsp3) is 0.0833. The molecule has 0 spiro atoms. The molecule has 136 valence electrons. The van der Waals surface area contributed by atoms with E-state index in [1.807, 2.05) is 42.5 Å². The Morgan fingerprint density at radius 3 is 1.59 bits per heavy atom. The quantitative estimate of drug-likeness (QED) is 0.424. The van der Waals surface area contributed by atoms with Crippen LogP contribution in [-0.4, -0.2) is 0 Å². The predicted molar refractivity (Wildman–Crippen MR) is 107 cm³/mol. The molecular formula is C24H19F3. The van der Waals surface area contributed by atoms with Gasteiger partial charge in [-0.25, -0.2) is 0 Å². The molecule has 0 aliphatic rings. The molecule has 0 heterocycles. The van der Waals surface area contributed by atoms with Crippen molar-refractivity contribution in [2.75, 3.05) is 0 Å². The van der Waals surface area contributed by atoms with Crippen molar-refractivity contribution in [2.45, 2.75) is 13.1 Å². The average Bonchev–Trinajstić information content (AvgIpc) is 2.65. The molecule has 0 aliphatic carbocycles. The van der Waals surface area contributed by atoms with E-state index in [0.717, 1.165) is 28.8 Å². The fourth-order valence-electron chi connectivity index (χ4n) is 2.70. The maximum Gasteiger partial charge on any atom is 0.416 e. The molecular weight excluding hydrogens is 345 g/mol. The smallest absolute Gasteiger partial charge is 0.166 e. The van der Waals surface area contributed by atoms with Crippen molar-refractivity contribution in [3.8, 4) is 0 Å². The summed E-state index contributed by atoms with van der Waals surface area (Å²) in [5.74, 6) is 0. The molecule has 0 aromatic heterocycles. The van der Waals surface area contributed by atoms with E-state index in [4.69, 9.17) is 0 Å². The van der Waals surface area contributed by atoms with Crippen LogP contribution in [0.25, 0.3) is 24.3 Å². The lowest BCUT2D eigenvalue weighted by Crippen LogP contribution is -2.04. The Morgan fingerprint density at radius 2 is 1.07 bits per heavy atom. The van der Waals surface area contributed by atoms with Crippen LogP contribution in [-0.2, 0) is 6.18 Å². The van der Waals surface area contributed by atoms with E-state index in [1.165, 1.54) is 11.6 Å². The molecule has 3 rings (SSSR count). The SMILES string of the molecule is Cc1cccc(/C=C/c2ccc(/C=C/c3cccc(C(F)(F)F)c3)cc2)c1. The van der Waals surface area contributed by atoms with Crippen LogP contribution in [0, 0.1) is 6.92 Å². The highest BCUT2D eigenvalue weighted by Gasteiger charge is 2.30. The molecule has 27 heavy (non-hydrogen) atoms. The monoisotopic (exact) mass is 364 g/mol. The summed E-state index contributed by atoms with van der Waals surface area (Å²) in [6, 6.07) is 21.4. The van der Waals surface area contributed by atoms with Crippen LogP contribution in [0.15, 0.2) is 72.8 Å². The van der Waals surface area contributed by atoms with Gasteiger partial charge < -0.3 is 0 Å². The molecule has 3 heteroatoms. The van der Waals surface area contributed by atoms with Crippen molar-refractivity contribution >= 4 is 24.3 Å². The second kappa shape index (κ2) is 8.09. The Labute approximate surface area is 157 Å². The standard InChI is InChI=1S/C24H19F3/c1-18-4-2-5-21(16-18)14-12-19-8-10-20(11-9-19)13-15-22-6-3-7-23(17-22)24(25,26)27/h2-17H,1H3/b14-12+,15-13+. The van der Waals surface area contributed by atoms with Crippen LogP contribution >= 0.6 is 0 Å². The maximum absolute atomic E-state index is 12.8. The summed E-state index contributed by atoms with van der Waals surface area (Å²) in [5.41, 5.74) is 4.23. The van der Waals surface area contributed by atoms with Gasteiger partial charge >= 0.3 is 6.18 Å².